The van der Waals surface area contributed by atoms with E-state index in [1.165, 1.54) is 18.4 Å². The first-order valence-electron chi connectivity index (χ1n) is 13.6. The van der Waals surface area contributed by atoms with Crippen LogP contribution in [-0.2, 0) is 13.0 Å². The number of amides is 1. The molecular weight excluding hydrogens is 512 g/mol. The van der Waals surface area contributed by atoms with Crippen molar-refractivity contribution in [3.8, 4) is 11.4 Å². The number of hydrogen-bond donors (Lipinski definition) is 3. The van der Waals surface area contributed by atoms with Crippen molar-refractivity contribution < 1.29 is 4.79 Å². The maximum absolute atomic E-state index is 13.1. The van der Waals surface area contributed by atoms with Crippen molar-refractivity contribution in [2.75, 3.05) is 31.5 Å². The number of aryl methyl sites for hydroxylation is 1. The highest BCUT2D eigenvalue weighted by Gasteiger charge is 2.29. The molecule has 4 aromatic rings. The molecule has 0 spiro atoms. The monoisotopic (exact) mass is 544 g/mol. The van der Waals surface area contributed by atoms with Crippen LogP contribution in [0.4, 0.5) is 5.69 Å². The topological polar surface area (TPSA) is 97.1 Å². The number of nitrogens with zero attached hydrogens (tertiary/aromatic N) is 3. The highest BCUT2D eigenvalue weighted by Crippen LogP contribution is 2.30. The zero-order valence-electron chi connectivity index (χ0n) is 22.3. The molecule has 2 aliphatic rings. The minimum absolute atomic E-state index is 0.0417. The first kappa shape index (κ1) is 25.6. The third kappa shape index (κ3) is 5.18. The predicted octanol–water partition coefficient (Wildman–Crippen LogP) is 4.97. The summed E-state index contributed by atoms with van der Waals surface area (Å²) in [6.45, 7) is 8.66. The number of halogens is 1. The molecule has 0 radical (unpaired) electrons. The molecule has 6 rings (SSSR count). The second kappa shape index (κ2) is 10.5. The summed E-state index contributed by atoms with van der Waals surface area (Å²) >= 11 is 6.22. The average molecular weight is 545 g/mol. The van der Waals surface area contributed by atoms with Gasteiger partial charge in [0.25, 0.3) is 11.5 Å². The molecule has 1 saturated heterocycles. The van der Waals surface area contributed by atoms with Crippen molar-refractivity contribution in [2.45, 2.75) is 45.7 Å². The molecule has 1 fully saturated rings. The van der Waals surface area contributed by atoms with Crippen molar-refractivity contribution >= 4 is 34.2 Å². The van der Waals surface area contributed by atoms with Crippen molar-refractivity contribution in [3.63, 3.8) is 0 Å². The van der Waals surface area contributed by atoms with E-state index in [0.29, 0.717) is 39.7 Å². The Morgan fingerprint density at radius 3 is 2.74 bits per heavy atom. The van der Waals surface area contributed by atoms with E-state index in [1.54, 1.807) is 6.20 Å². The lowest BCUT2D eigenvalue weighted by molar-refractivity contribution is 0.0763. The van der Waals surface area contributed by atoms with Crippen LogP contribution in [0, 0.1) is 6.92 Å². The van der Waals surface area contributed by atoms with Crippen LogP contribution in [0.5, 0.6) is 0 Å². The van der Waals surface area contributed by atoms with Gasteiger partial charge in [0.15, 0.2) is 0 Å². The van der Waals surface area contributed by atoms with Crippen LogP contribution in [0.25, 0.3) is 22.4 Å². The number of carbonyl (C=O) groups is 1. The first-order valence-corrected chi connectivity index (χ1v) is 14.0. The van der Waals surface area contributed by atoms with Gasteiger partial charge >= 0.3 is 0 Å². The van der Waals surface area contributed by atoms with Gasteiger partial charge in [-0.1, -0.05) is 17.7 Å². The van der Waals surface area contributed by atoms with E-state index in [4.69, 9.17) is 16.6 Å². The number of aromatic nitrogens is 3. The molecule has 3 N–H and O–H groups in total. The van der Waals surface area contributed by atoms with Crippen LogP contribution in [0.15, 0.2) is 47.4 Å². The van der Waals surface area contributed by atoms with Crippen LogP contribution < -0.4 is 10.9 Å². The fraction of sp³-hybridized carbons (Fsp3) is 0.367. The smallest absolute Gasteiger partial charge is 0.261 e. The zero-order chi connectivity index (χ0) is 27.1. The van der Waals surface area contributed by atoms with Gasteiger partial charge in [-0.3, -0.25) is 9.59 Å². The van der Waals surface area contributed by atoms with Crippen LogP contribution in [0.1, 0.15) is 46.8 Å². The number of rotatable bonds is 8. The van der Waals surface area contributed by atoms with E-state index in [-0.39, 0.29) is 17.5 Å². The van der Waals surface area contributed by atoms with Gasteiger partial charge in [-0.05, 0) is 93.2 Å². The molecule has 2 aromatic heterocycles. The van der Waals surface area contributed by atoms with Gasteiger partial charge in [-0.15, -0.1) is 0 Å². The minimum Gasteiger partial charge on any atom is -0.381 e. The largest absolute Gasteiger partial charge is 0.381 e. The van der Waals surface area contributed by atoms with E-state index in [9.17, 15) is 9.59 Å². The lowest BCUT2D eigenvalue weighted by atomic mass is 10.0. The number of likely N-dealkylation sites (tertiary alicyclic amines) is 1. The minimum atomic E-state index is -0.234. The molecule has 2 aliphatic heterocycles. The quantitative estimate of drug-likeness (QED) is 0.291. The molecule has 0 aliphatic carbocycles. The summed E-state index contributed by atoms with van der Waals surface area (Å²) in [6, 6.07) is 11.7. The van der Waals surface area contributed by atoms with Crippen molar-refractivity contribution in [3.05, 3.63) is 80.2 Å². The number of pyridine rings is 1. The average Bonchev–Trinajstić information content (AvgIpc) is 3.63. The van der Waals surface area contributed by atoms with Gasteiger partial charge in [-0.25, -0.2) is 4.98 Å². The fourth-order valence-electron chi connectivity index (χ4n) is 5.79. The lowest BCUT2D eigenvalue weighted by Gasteiger charge is -2.20. The standard InChI is InChI=1S/C30H33ClN6O2/c1-18-5-6-22(31)14-20(18)13-19(2)33-24-7-8-32-29(38)27(24)28-34-25-15-21-17-37(12-11-36-9-3-4-10-36)30(39)23(21)16-26(25)35-28/h5-8,14-16,19H,3-4,9-13,17H2,1-2H3,(H,34,35)(H2,32,33,38)/t19-/m0/s1. The number of aromatic amines is 2. The number of benzene rings is 2. The van der Waals surface area contributed by atoms with Crippen LogP contribution in [0.2, 0.25) is 5.02 Å². The predicted molar refractivity (Wildman–Crippen MR) is 156 cm³/mol. The van der Waals surface area contributed by atoms with Crippen molar-refractivity contribution in [1.29, 1.82) is 0 Å². The Labute approximate surface area is 232 Å². The summed E-state index contributed by atoms with van der Waals surface area (Å²) in [5, 5.41) is 4.21. The lowest BCUT2D eigenvalue weighted by Crippen LogP contribution is -2.33. The SMILES string of the molecule is Cc1ccc(Cl)cc1C[C@H](C)Nc1cc[nH]c(=O)c1-c1nc2cc3c(cc2[nH]1)CN(CCN1CCCC1)C3=O. The summed E-state index contributed by atoms with van der Waals surface area (Å²) in [5.74, 6) is 0.531. The Morgan fingerprint density at radius 1 is 1.10 bits per heavy atom. The first-order chi connectivity index (χ1) is 18.9. The molecule has 0 bridgehead atoms. The Kier molecular flexibility index (Phi) is 6.91. The zero-order valence-corrected chi connectivity index (χ0v) is 23.1. The second-order valence-electron chi connectivity index (χ2n) is 10.8. The normalized spacial score (nSPS) is 16.3. The molecular formula is C30H33ClN6O2. The maximum atomic E-state index is 13.1. The second-order valence-corrected chi connectivity index (χ2v) is 11.2. The Morgan fingerprint density at radius 2 is 1.92 bits per heavy atom. The number of fused-ring (bicyclic) bond motifs is 2. The Bertz CT molecular complexity index is 1600. The molecule has 2 aromatic carbocycles. The van der Waals surface area contributed by atoms with Crippen molar-refractivity contribution in [1.82, 2.24) is 24.8 Å². The van der Waals surface area contributed by atoms with Gasteiger partial charge in [-0.2, -0.15) is 0 Å². The molecule has 9 heteroatoms. The fourth-order valence-corrected chi connectivity index (χ4v) is 5.98. The van der Waals surface area contributed by atoms with Crippen molar-refractivity contribution in [2.24, 2.45) is 0 Å². The molecule has 0 saturated carbocycles. The number of hydrogen-bond acceptors (Lipinski definition) is 5. The van der Waals surface area contributed by atoms with Crippen LogP contribution in [0.3, 0.4) is 0 Å². The molecule has 202 valence electrons. The number of imidazole rings is 1. The summed E-state index contributed by atoms with van der Waals surface area (Å²) < 4.78 is 0. The van der Waals surface area contributed by atoms with E-state index in [1.807, 2.05) is 41.3 Å². The Balaban J connectivity index is 1.24. The van der Waals surface area contributed by atoms with Crippen LogP contribution in [-0.4, -0.2) is 62.9 Å². The van der Waals surface area contributed by atoms with Gasteiger partial charge < -0.3 is 25.1 Å². The molecule has 4 heterocycles. The summed E-state index contributed by atoms with van der Waals surface area (Å²) in [6.07, 6.45) is 4.88. The third-order valence-corrected chi connectivity index (χ3v) is 8.14. The van der Waals surface area contributed by atoms with Gasteiger partial charge in [0.05, 0.1) is 16.7 Å². The molecule has 1 amide bonds. The maximum Gasteiger partial charge on any atom is 0.261 e. The van der Waals surface area contributed by atoms with E-state index in [0.717, 1.165) is 49.2 Å². The Hall–Kier alpha value is -3.62. The summed E-state index contributed by atoms with van der Waals surface area (Å²) in [5.41, 5.74) is 6.43. The van der Waals surface area contributed by atoms with Gasteiger partial charge in [0.2, 0.25) is 0 Å². The number of nitrogens with one attached hydrogen (secondary N) is 3. The number of H-pyrrole nitrogens is 2. The highest BCUT2D eigenvalue weighted by molar-refractivity contribution is 6.30. The number of carbonyl (C=O) groups excluding carboxylic acids is 1. The highest BCUT2D eigenvalue weighted by atomic mass is 35.5. The van der Waals surface area contributed by atoms with Gasteiger partial charge in [0, 0.05) is 42.5 Å². The van der Waals surface area contributed by atoms with E-state index in [2.05, 4.69) is 34.0 Å². The molecule has 39 heavy (non-hydrogen) atoms. The van der Waals surface area contributed by atoms with Gasteiger partial charge in [0.1, 0.15) is 11.4 Å². The molecule has 8 nitrogen and oxygen atoms in total. The third-order valence-electron chi connectivity index (χ3n) is 7.91. The van der Waals surface area contributed by atoms with E-state index < -0.39 is 0 Å². The summed E-state index contributed by atoms with van der Waals surface area (Å²) in [7, 11) is 0. The van der Waals surface area contributed by atoms with E-state index >= 15 is 0 Å². The molecule has 1 atom stereocenters. The molecule has 0 unspecified atom stereocenters. The number of anilines is 1. The van der Waals surface area contributed by atoms with Crippen LogP contribution >= 0.6 is 11.6 Å². The summed E-state index contributed by atoms with van der Waals surface area (Å²) in [4.78, 5) is 41.4.